The van der Waals surface area contributed by atoms with Crippen LogP contribution in [0.1, 0.15) is 5.69 Å². The van der Waals surface area contributed by atoms with E-state index in [1.165, 1.54) is 6.07 Å². The number of hydrogen-bond acceptors (Lipinski definition) is 1. The van der Waals surface area contributed by atoms with E-state index in [1.54, 1.807) is 0 Å². The molecule has 1 heterocycles. The third-order valence-corrected chi connectivity index (χ3v) is 0.906. The first-order chi connectivity index (χ1) is 4.61. The van der Waals surface area contributed by atoms with Crippen molar-refractivity contribution in [2.45, 2.75) is 6.18 Å². The van der Waals surface area contributed by atoms with Crippen molar-refractivity contribution >= 4 is 0 Å². The van der Waals surface area contributed by atoms with Gasteiger partial charge in [-0.1, -0.05) is 6.07 Å². The molecule has 1 aromatic heterocycles. The van der Waals surface area contributed by atoms with E-state index in [-0.39, 0.29) is 0 Å². The minimum Gasteiger partial charge on any atom is -0.251 e. The lowest BCUT2D eigenvalue weighted by Gasteiger charge is -2.02. The highest BCUT2D eigenvalue weighted by atomic mass is 19.4. The van der Waals surface area contributed by atoms with Crippen molar-refractivity contribution in [1.29, 1.82) is 0 Å². The lowest BCUT2D eigenvalue weighted by molar-refractivity contribution is -0.141. The van der Waals surface area contributed by atoms with Gasteiger partial charge in [-0.05, 0) is 6.07 Å². The molecule has 0 aliphatic carbocycles. The van der Waals surface area contributed by atoms with E-state index in [9.17, 15) is 13.2 Å². The highest BCUT2D eigenvalue weighted by molar-refractivity contribution is 5.05. The lowest BCUT2D eigenvalue weighted by atomic mass is 10.3. The average Bonchev–Trinajstić information content (AvgIpc) is 1.88. The molecule has 0 bridgehead atoms. The first kappa shape index (κ1) is 7.05. The molecule has 4 heteroatoms. The van der Waals surface area contributed by atoms with E-state index in [4.69, 9.17) is 0 Å². The first-order valence-electron chi connectivity index (χ1n) is 2.50. The summed E-state index contributed by atoms with van der Waals surface area (Å²) >= 11 is 0. The van der Waals surface area contributed by atoms with Crippen LogP contribution in [0.5, 0.6) is 0 Å². The third kappa shape index (κ3) is 1.46. The lowest BCUT2D eigenvalue weighted by Crippen LogP contribution is -2.06. The predicted octanol–water partition coefficient (Wildman–Crippen LogP) is 1.90. The fourth-order valence-corrected chi connectivity index (χ4v) is 0.488. The zero-order chi connectivity index (χ0) is 7.61. The Morgan fingerprint density at radius 3 is 2.40 bits per heavy atom. The number of aromatic nitrogens is 1. The van der Waals surface area contributed by atoms with Crippen LogP contribution in [-0.4, -0.2) is 4.98 Å². The van der Waals surface area contributed by atoms with Crippen molar-refractivity contribution in [2.24, 2.45) is 0 Å². The number of rotatable bonds is 0. The average molecular weight is 146 g/mol. The molecule has 0 aliphatic heterocycles. The van der Waals surface area contributed by atoms with Crippen LogP contribution in [0.4, 0.5) is 13.2 Å². The first-order valence-corrected chi connectivity index (χ1v) is 2.50. The van der Waals surface area contributed by atoms with E-state index in [1.807, 2.05) is 0 Å². The maximum Gasteiger partial charge on any atom is 0.433 e. The molecule has 53 valence electrons. The molecule has 0 saturated heterocycles. The van der Waals surface area contributed by atoms with E-state index in [0.717, 1.165) is 12.3 Å². The van der Waals surface area contributed by atoms with Crippen molar-refractivity contribution in [3.05, 3.63) is 30.1 Å². The number of hydrogen-bond donors (Lipinski definition) is 0. The molecule has 0 fully saturated rings. The number of pyridine rings is 1. The summed E-state index contributed by atoms with van der Waals surface area (Å²) in [5.74, 6) is 0. The van der Waals surface area contributed by atoms with Crippen molar-refractivity contribution in [3.8, 4) is 0 Å². The molecular weight excluding hydrogens is 143 g/mol. The highest BCUT2D eigenvalue weighted by Crippen LogP contribution is 2.26. The Hall–Kier alpha value is -1.06. The van der Waals surface area contributed by atoms with Crippen LogP contribution in [0.3, 0.4) is 0 Å². The zero-order valence-corrected chi connectivity index (χ0v) is 4.81. The van der Waals surface area contributed by atoms with Gasteiger partial charge in [0.25, 0.3) is 0 Å². The van der Waals surface area contributed by atoms with Crippen LogP contribution in [0.2, 0.25) is 0 Å². The highest BCUT2D eigenvalue weighted by Gasteiger charge is 2.31. The van der Waals surface area contributed by atoms with Gasteiger partial charge in [-0.3, -0.25) is 4.98 Å². The zero-order valence-electron chi connectivity index (χ0n) is 4.81. The Bertz CT molecular complexity index is 204. The van der Waals surface area contributed by atoms with Gasteiger partial charge >= 0.3 is 6.18 Å². The summed E-state index contributed by atoms with van der Waals surface area (Å²) in [5.41, 5.74) is -0.883. The maximum absolute atomic E-state index is 11.7. The van der Waals surface area contributed by atoms with Crippen molar-refractivity contribution in [2.75, 3.05) is 0 Å². The van der Waals surface area contributed by atoms with Crippen LogP contribution < -0.4 is 0 Å². The van der Waals surface area contributed by atoms with E-state index >= 15 is 0 Å². The molecular formula is C6H3F3N. The van der Waals surface area contributed by atoms with Crippen molar-refractivity contribution < 1.29 is 13.2 Å². The Balaban J connectivity index is 2.97. The van der Waals surface area contributed by atoms with Crippen LogP contribution >= 0.6 is 0 Å². The van der Waals surface area contributed by atoms with Crippen LogP contribution in [0, 0.1) is 6.07 Å². The van der Waals surface area contributed by atoms with Gasteiger partial charge in [0, 0.05) is 12.3 Å². The maximum atomic E-state index is 11.7. The standard InChI is InChI=1S/C6H3F3N/c7-6(8,9)5-3-1-2-4-10-5/h1,3-4H. The summed E-state index contributed by atoms with van der Waals surface area (Å²) in [6, 6.07) is 4.45. The number of alkyl halides is 3. The molecule has 10 heavy (non-hydrogen) atoms. The fourth-order valence-electron chi connectivity index (χ4n) is 0.488. The Labute approximate surface area is 55.5 Å². The largest absolute Gasteiger partial charge is 0.433 e. The molecule has 0 unspecified atom stereocenters. The normalized spacial score (nSPS) is 11.5. The molecule has 1 nitrogen and oxygen atoms in total. The Kier molecular flexibility index (Phi) is 1.61. The minimum absolute atomic E-state index is 0.875. The summed E-state index contributed by atoms with van der Waals surface area (Å²) in [7, 11) is 0. The minimum atomic E-state index is -4.34. The van der Waals surface area contributed by atoms with Gasteiger partial charge in [0.05, 0.1) is 0 Å². The summed E-state index contributed by atoms with van der Waals surface area (Å²) < 4.78 is 35.1. The molecule has 0 spiro atoms. The van der Waals surface area contributed by atoms with Gasteiger partial charge in [0.15, 0.2) is 0 Å². The smallest absolute Gasteiger partial charge is 0.251 e. The summed E-state index contributed by atoms with van der Waals surface area (Å²) in [5, 5.41) is 0. The number of halogens is 3. The van der Waals surface area contributed by atoms with Crippen LogP contribution in [0.25, 0.3) is 0 Å². The van der Waals surface area contributed by atoms with Crippen molar-refractivity contribution in [3.63, 3.8) is 0 Å². The molecule has 0 amide bonds. The SMILES string of the molecule is FC(F)(F)c1cc[c]cn1. The quantitative estimate of drug-likeness (QED) is 0.544. The molecule has 0 aliphatic rings. The van der Waals surface area contributed by atoms with Gasteiger partial charge in [0.2, 0.25) is 0 Å². The molecule has 1 radical (unpaired) electrons. The predicted molar refractivity (Wildman–Crippen MR) is 28.1 cm³/mol. The molecule has 0 atom stereocenters. The van der Waals surface area contributed by atoms with Gasteiger partial charge in [-0.25, -0.2) is 0 Å². The summed E-state index contributed by atoms with van der Waals surface area (Å²) in [4.78, 5) is 3.07. The van der Waals surface area contributed by atoms with E-state index < -0.39 is 11.9 Å². The molecule has 1 aromatic rings. The fraction of sp³-hybridized carbons (Fsp3) is 0.167. The van der Waals surface area contributed by atoms with Crippen LogP contribution in [0.15, 0.2) is 18.3 Å². The van der Waals surface area contributed by atoms with Crippen molar-refractivity contribution in [1.82, 2.24) is 4.98 Å². The van der Waals surface area contributed by atoms with Gasteiger partial charge in [0.1, 0.15) is 5.69 Å². The Morgan fingerprint density at radius 2 is 2.10 bits per heavy atom. The number of nitrogens with zero attached hydrogens (tertiary/aromatic N) is 1. The topological polar surface area (TPSA) is 12.9 Å². The summed E-state index contributed by atoms with van der Waals surface area (Å²) in [6.07, 6.45) is -3.35. The second kappa shape index (κ2) is 2.28. The Morgan fingerprint density at radius 1 is 1.40 bits per heavy atom. The van der Waals surface area contributed by atoms with E-state index in [2.05, 4.69) is 11.1 Å². The molecule has 0 saturated carbocycles. The molecule has 1 rings (SSSR count). The second-order valence-corrected chi connectivity index (χ2v) is 1.64. The monoisotopic (exact) mass is 146 g/mol. The molecule has 0 aromatic carbocycles. The molecule has 0 N–H and O–H groups in total. The summed E-state index contributed by atoms with van der Waals surface area (Å²) in [6.45, 7) is 0. The van der Waals surface area contributed by atoms with Gasteiger partial charge < -0.3 is 0 Å². The van der Waals surface area contributed by atoms with E-state index in [0.29, 0.717) is 0 Å². The van der Waals surface area contributed by atoms with Gasteiger partial charge in [-0.2, -0.15) is 13.2 Å². The van der Waals surface area contributed by atoms with Crippen LogP contribution in [-0.2, 0) is 6.18 Å². The second-order valence-electron chi connectivity index (χ2n) is 1.64. The van der Waals surface area contributed by atoms with Gasteiger partial charge in [-0.15, -0.1) is 0 Å². The third-order valence-electron chi connectivity index (χ3n) is 0.906.